The summed E-state index contributed by atoms with van der Waals surface area (Å²) in [6.07, 6.45) is 1.46. The van der Waals surface area contributed by atoms with E-state index in [1.807, 2.05) is 6.92 Å². The maximum Gasteiger partial charge on any atom is 0.259 e. The molecule has 0 radical (unpaired) electrons. The Kier molecular flexibility index (Phi) is 8.47. The number of ether oxygens (including phenoxy) is 3. The number of methoxy groups -OCH3 is 2. The van der Waals surface area contributed by atoms with Gasteiger partial charge in [-0.2, -0.15) is 5.10 Å². The predicted octanol–water partition coefficient (Wildman–Crippen LogP) is 2.75. The fourth-order valence-electron chi connectivity index (χ4n) is 2.43. The predicted molar refractivity (Wildman–Crippen MR) is 113 cm³/mol. The van der Waals surface area contributed by atoms with Gasteiger partial charge in [-0.15, -0.1) is 0 Å². The Bertz CT molecular complexity index is 902. The van der Waals surface area contributed by atoms with Crippen LogP contribution in [0.4, 0.5) is 0 Å². The molecule has 0 heterocycles. The van der Waals surface area contributed by atoms with Crippen LogP contribution in [0.25, 0.3) is 0 Å². The number of amides is 2. The summed E-state index contributed by atoms with van der Waals surface area (Å²) in [4.78, 5) is 24.1. The second-order valence-corrected chi connectivity index (χ2v) is 6.50. The molecule has 0 fully saturated rings. The number of hydrogen-bond donors (Lipinski definition) is 2. The SMILES string of the molecule is CCOc1cc(C=NNC(=O)CNC(=O)c2ccccc2OC)cc(Br)c1OC. The second kappa shape index (κ2) is 11.1. The highest BCUT2D eigenvalue weighted by Gasteiger charge is 2.13. The highest BCUT2D eigenvalue weighted by atomic mass is 79.9. The molecule has 0 spiro atoms. The highest BCUT2D eigenvalue weighted by molar-refractivity contribution is 9.10. The van der Waals surface area contributed by atoms with Gasteiger partial charge in [-0.3, -0.25) is 9.59 Å². The molecular formula is C20H22BrN3O5. The Labute approximate surface area is 177 Å². The van der Waals surface area contributed by atoms with Crippen LogP contribution in [0.15, 0.2) is 46.0 Å². The van der Waals surface area contributed by atoms with E-state index in [4.69, 9.17) is 14.2 Å². The lowest BCUT2D eigenvalue weighted by Crippen LogP contribution is -2.35. The molecule has 29 heavy (non-hydrogen) atoms. The fraction of sp³-hybridized carbons (Fsp3) is 0.250. The number of rotatable bonds is 9. The maximum absolute atomic E-state index is 12.2. The molecule has 0 bridgehead atoms. The molecule has 9 heteroatoms. The van der Waals surface area contributed by atoms with Crippen LogP contribution in [0.5, 0.6) is 17.2 Å². The molecule has 0 saturated heterocycles. The largest absolute Gasteiger partial charge is 0.496 e. The zero-order chi connectivity index (χ0) is 21.2. The van der Waals surface area contributed by atoms with Gasteiger partial charge in [-0.25, -0.2) is 5.43 Å². The van der Waals surface area contributed by atoms with Gasteiger partial charge in [0.05, 0.1) is 43.6 Å². The van der Waals surface area contributed by atoms with E-state index in [9.17, 15) is 9.59 Å². The van der Waals surface area contributed by atoms with Gasteiger partial charge >= 0.3 is 0 Å². The Hall–Kier alpha value is -3.07. The van der Waals surface area contributed by atoms with Crippen molar-refractivity contribution in [2.45, 2.75) is 6.92 Å². The van der Waals surface area contributed by atoms with Crippen molar-refractivity contribution in [3.63, 3.8) is 0 Å². The van der Waals surface area contributed by atoms with Crippen molar-refractivity contribution < 1.29 is 23.8 Å². The number of halogens is 1. The van der Waals surface area contributed by atoms with E-state index in [2.05, 4.69) is 31.8 Å². The Morgan fingerprint density at radius 3 is 2.59 bits per heavy atom. The Morgan fingerprint density at radius 1 is 1.14 bits per heavy atom. The van der Waals surface area contributed by atoms with Crippen molar-refractivity contribution in [1.82, 2.24) is 10.7 Å². The quantitative estimate of drug-likeness (QED) is 0.440. The van der Waals surface area contributed by atoms with E-state index in [1.165, 1.54) is 13.3 Å². The lowest BCUT2D eigenvalue weighted by atomic mass is 10.2. The summed E-state index contributed by atoms with van der Waals surface area (Å²) in [5.41, 5.74) is 3.40. The smallest absolute Gasteiger partial charge is 0.259 e. The third kappa shape index (κ3) is 6.21. The van der Waals surface area contributed by atoms with Crippen LogP contribution in [0.3, 0.4) is 0 Å². The fourth-order valence-corrected chi connectivity index (χ4v) is 3.05. The Morgan fingerprint density at radius 2 is 1.90 bits per heavy atom. The number of benzene rings is 2. The summed E-state index contributed by atoms with van der Waals surface area (Å²) in [6.45, 7) is 2.12. The van der Waals surface area contributed by atoms with Gasteiger partial charge in [0.1, 0.15) is 5.75 Å². The van der Waals surface area contributed by atoms with Gasteiger partial charge in [0, 0.05) is 0 Å². The first kappa shape index (κ1) is 22.2. The van der Waals surface area contributed by atoms with E-state index in [1.54, 1.807) is 43.5 Å². The first-order valence-corrected chi connectivity index (χ1v) is 9.52. The van der Waals surface area contributed by atoms with Gasteiger partial charge in [-0.1, -0.05) is 12.1 Å². The van der Waals surface area contributed by atoms with Crippen LogP contribution < -0.4 is 25.0 Å². The molecule has 0 aliphatic carbocycles. The van der Waals surface area contributed by atoms with Gasteiger partial charge in [-0.05, 0) is 52.7 Å². The van der Waals surface area contributed by atoms with Crippen molar-refractivity contribution in [2.24, 2.45) is 5.10 Å². The number of hydrazone groups is 1. The number of nitrogens with zero attached hydrogens (tertiary/aromatic N) is 1. The van der Waals surface area contributed by atoms with Gasteiger partial charge in [0.25, 0.3) is 11.8 Å². The summed E-state index contributed by atoms with van der Waals surface area (Å²) >= 11 is 3.41. The summed E-state index contributed by atoms with van der Waals surface area (Å²) in [7, 11) is 3.03. The number of para-hydroxylation sites is 1. The van der Waals surface area contributed by atoms with Gasteiger partial charge < -0.3 is 19.5 Å². The third-order valence-corrected chi connectivity index (χ3v) is 4.29. The van der Waals surface area contributed by atoms with Crippen LogP contribution in [0.1, 0.15) is 22.8 Å². The van der Waals surface area contributed by atoms with Crippen molar-refractivity contribution in [3.8, 4) is 17.2 Å². The van der Waals surface area contributed by atoms with Crippen molar-refractivity contribution in [1.29, 1.82) is 0 Å². The van der Waals surface area contributed by atoms with Gasteiger partial charge in [0.2, 0.25) is 0 Å². The van der Waals surface area contributed by atoms with Crippen LogP contribution in [-0.4, -0.2) is 45.4 Å². The van der Waals surface area contributed by atoms with E-state index in [0.717, 1.165) is 0 Å². The molecule has 0 aliphatic heterocycles. The second-order valence-electron chi connectivity index (χ2n) is 5.64. The molecule has 154 valence electrons. The first-order chi connectivity index (χ1) is 14.0. The minimum Gasteiger partial charge on any atom is -0.496 e. The number of carbonyl (C=O) groups excluding carboxylic acids is 2. The topological polar surface area (TPSA) is 98.2 Å². The third-order valence-electron chi connectivity index (χ3n) is 3.70. The molecule has 2 aromatic carbocycles. The molecule has 2 aromatic rings. The molecule has 0 saturated carbocycles. The van der Waals surface area contributed by atoms with Crippen molar-refractivity contribution in [2.75, 3.05) is 27.4 Å². The van der Waals surface area contributed by atoms with Crippen LogP contribution in [0, 0.1) is 0 Å². The normalized spacial score (nSPS) is 10.5. The van der Waals surface area contributed by atoms with E-state index < -0.39 is 11.8 Å². The van der Waals surface area contributed by atoms with Crippen LogP contribution in [-0.2, 0) is 4.79 Å². The average Bonchev–Trinajstić information content (AvgIpc) is 2.72. The molecule has 8 nitrogen and oxygen atoms in total. The standard InChI is InChI=1S/C20H22BrN3O5/c1-4-29-17-10-13(9-15(21)19(17)28-3)11-23-24-18(25)12-22-20(26)14-7-5-6-8-16(14)27-2/h5-11H,4,12H2,1-3H3,(H,22,26)(H,24,25). The van der Waals surface area contributed by atoms with Crippen molar-refractivity contribution in [3.05, 3.63) is 52.0 Å². The first-order valence-electron chi connectivity index (χ1n) is 8.73. The minimum atomic E-state index is -0.470. The van der Waals surface area contributed by atoms with Crippen LogP contribution >= 0.6 is 15.9 Å². The Balaban J connectivity index is 1.93. The van der Waals surface area contributed by atoms with Crippen LogP contribution in [0.2, 0.25) is 0 Å². The molecular weight excluding hydrogens is 442 g/mol. The zero-order valence-electron chi connectivity index (χ0n) is 16.3. The number of nitrogens with one attached hydrogen (secondary N) is 2. The van der Waals surface area contributed by atoms with E-state index in [-0.39, 0.29) is 6.54 Å². The maximum atomic E-state index is 12.2. The lowest BCUT2D eigenvalue weighted by molar-refractivity contribution is -0.120. The molecule has 0 atom stereocenters. The molecule has 0 aromatic heterocycles. The van der Waals surface area contributed by atoms with Crippen molar-refractivity contribution >= 4 is 34.0 Å². The molecule has 2 amide bonds. The lowest BCUT2D eigenvalue weighted by Gasteiger charge is -2.11. The molecule has 2 N–H and O–H groups in total. The monoisotopic (exact) mass is 463 g/mol. The molecule has 0 aliphatic rings. The highest BCUT2D eigenvalue weighted by Crippen LogP contribution is 2.36. The minimum absolute atomic E-state index is 0.231. The average molecular weight is 464 g/mol. The summed E-state index contributed by atoms with van der Waals surface area (Å²) < 4.78 is 16.7. The summed E-state index contributed by atoms with van der Waals surface area (Å²) in [5.74, 6) is 0.677. The molecule has 2 rings (SSSR count). The van der Waals surface area contributed by atoms with E-state index >= 15 is 0 Å². The van der Waals surface area contributed by atoms with E-state index in [0.29, 0.717) is 39.5 Å². The molecule has 0 unspecified atom stereocenters. The summed E-state index contributed by atoms with van der Waals surface area (Å²) in [5, 5.41) is 6.43. The van der Waals surface area contributed by atoms with Gasteiger partial charge in [0.15, 0.2) is 11.5 Å². The zero-order valence-corrected chi connectivity index (χ0v) is 17.9. The number of carbonyl (C=O) groups is 2. The summed E-state index contributed by atoms with van der Waals surface area (Å²) in [6, 6.07) is 10.3. The number of hydrogen-bond acceptors (Lipinski definition) is 6.